The summed E-state index contributed by atoms with van der Waals surface area (Å²) in [7, 11) is 0. The van der Waals surface area contributed by atoms with Crippen molar-refractivity contribution in [2.75, 3.05) is 6.54 Å². The molecule has 2 N–H and O–H groups in total. The van der Waals surface area contributed by atoms with Crippen LogP contribution in [0.1, 0.15) is 24.8 Å². The molecule has 102 valence electrons. The number of benzene rings is 1. The van der Waals surface area contributed by atoms with Crippen LogP contribution in [0.4, 0.5) is 5.69 Å². The fourth-order valence-electron chi connectivity index (χ4n) is 2.21. The second kappa shape index (κ2) is 6.29. The van der Waals surface area contributed by atoms with E-state index in [9.17, 15) is 14.9 Å². The first-order chi connectivity index (χ1) is 9.18. The van der Waals surface area contributed by atoms with Crippen molar-refractivity contribution in [3.8, 4) is 0 Å². The Kier molecular flexibility index (Phi) is 4.46. The monoisotopic (exact) mass is 263 g/mol. The van der Waals surface area contributed by atoms with Gasteiger partial charge in [0.25, 0.3) is 5.69 Å². The van der Waals surface area contributed by atoms with E-state index in [0.29, 0.717) is 18.7 Å². The van der Waals surface area contributed by atoms with Gasteiger partial charge in [-0.1, -0.05) is 18.2 Å². The number of nitrogens with one attached hydrogen (secondary N) is 2. The lowest BCUT2D eigenvalue weighted by atomic mass is 10.1. The molecular weight excluding hydrogens is 246 g/mol. The maximum atomic E-state index is 11.7. The first kappa shape index (κ1) is 13.5. The molecule has 1 saturated heterocycles. The number of carbonyl (C=O) groups is 1. The van der Waals surface area contributed by atoms with Crippen LogP contribution < -0.4 is 10.6 Å². The molecule has 0 aromatic heterocycles. The van der Waals surface area contributed by atoms with Crippen molar-refractivity contribution in [2.24, 2.45) is 0 Å². The van der Waals surface area contributed by atoms with Crippen molar-refractivity contribution in [3.63, 3.8) is 0 Å². The largest absolute Gasteiger partial charge is 0.355 e. The Labute approximate surface area is 111 Å². The molecule has 1 amide bonds. The van der Waals surface area contributed by atoms with Crippen molar-refractivity contribution in [1.82, 2.24) is 10.6 Å². The smallest absolute Gasteiger partial charge is 0.273 e. The molecule has 1 aliphatic heterocycles. The highest BCUT2D eigenvalue weighted by molar-refractivity contribution is 5.81. The maximum Gasteiger partial charge on any atom is 0.273 e. The number of hydrogen-bond donors (Lipinski definition) is 2. The van der Waals surface area contributed by atoms with Crippen LogP contribution in [-0.4, -0.2) is 23.4 Å². The lowest BCUT2D eigenvalue weighted by Gasteiger charge is -2.15. The van der Waals surface area contributed by atoms with E-state index >= 15 is 0 Å². The van der Waals surface area contributed by atoms with Gasteiger partial charge < -0.3 is 10.6 Å². The van der Waals surface area contributed by atoms with E-state index in [1.54, 1.807) is 18.2 Å². The Morgan fingerprint density at radius 3 is 2.95 bits per heavy atom. The van der Waals surface area contributed by atoms with E-state index in [1.165, 1.54) is 6.07 Å². The number of carbonyl (C=O) groups excluding carboxylic acids is 1. The molecule has 0 spiro atoms. The summed E-state index contributed by atoms with van der Waals surface area (Å²) in [6.45, 7) is 1.04. The van der Waals surface area contributed by atoms with Crippen LogP contribution in [0.25, 0.3) is 0 Å². The van der Waals surface area contributed by atoms with E-state index in [1.807, 2.05) is 0 Å². The zero-order valence-corrected chi connectivity index (χ0v) is 10.6. The van der Waals surface area contributed by atoms with Crippen molar-refractivity contribution < 1.29 is 9.72 Å². The predicted octanol–water partition coefficient (Wildman–Crippen LogP) is 1.35. The van der Waals surface area contributed by atoms with Crippen molar-refractivity contribution in [2.45, 2.75) is 31.8 Å². The van der Waals surface area contributed by atoms with Crippen molar-refractivity contribution in [3.05, 3.63) is 39.9 Å². The molecule has 1 aromatic rings. The zero-order valence-electron chi connectivity index (χ0n) is 10.6. The molecule has 19 heavy (non-hydrogen) atoms. The first-order valence-corrected chi connectivity index (χ1v) is 6.42. The third kappa shape index (κ3) is 3.51. The minimum Gasteiger partial charge on any atom is -0.355 e. The molecule has 1 fully saturated rings. The molecule has 0 aliphatic carbocycles. The summed E-state index contributed by atoms with van der Waals surface area (Å²) in [6, 6.07) is 6.32. The third-order valence-electron chi connectivity index (χ3n) is 3.26. The number of nitro groups is 1. The quantitative estimate of drug-likeness (QED) is 0.634. The predicted molar refractivity (Wildman–Crippen MR) is 70.6 cm³/mol. The van der Waals surface area contributed by atoms with Crippen LogP contribution in [0.5, 0.6) is 0 Å². The van der Waals surface area contributed by atoms with Gasteiger partial charge in [-0.2, -0.15) is 0 Å². The molecule has 0 radical (unpaired) electrons. The van der Waals surface area contributed by atoms with Gasteiger partial charge >= 0.3 is 0 Å². The van der Waals surface area contributed by atoms with Crippen LogP contribution in [0.3, 0.4) is 0 Å². The molecule has 1 aliphatic rings. The summed E-state index contributed by atoms with van der Waals surface area (Å²) >= 11 is 0. The summed E-state index contributed by atoms with van der Waals surface area (Å²) in [5, 5.41) is 16.8. The fourth-order valence-corrected chi connectivity index (χ4v) is 2.21. The summed E-state index contributed by atoms with van der Waals surface area (Å²) in [5.41, 5.74) is 0.688. The van der Waals surface area contributed by atoms with Crippen LogP contribution in [0, 0.1) is 10.1 Å². The molecule has 0 bridgehead atoms. The summed E-state index contributed by atoms with van der Waals surface area (Å²) in [6.07, 6.45) is 2.73. The van der Waals surface area contributed by atoms with Gasteiger partial charge in [0, 0.05) is 24.7 Å². The SMILES string of the molecule is O=C1NCCCCC1NCc1ccccc1[N+](=O)[O-]. The molecular formula is C13H17N3O3. The number of hydrogen-bond acceptors (Lipinski definition) is 4. The molecule has 6 heteroatoms. The molecule has 1 atom stereocenters. The average molecular weight is 263 g/mol. The number of para-hydroxylation sites is 1. The van der Waals surface area contributed by atoms with E-state index in [2.05, 4.69) is 10.6 Å². The van der Waals surface area contributed by atoms with E-state index in [4.69, 9.17) is 0 Å². The molecule has 1 aromatic carbocycles. The summed E-state index contributed by atoms with van der Waals surface area (Å²) in [5.74, 6) is -0.0175. The van der Waals surface area contributed by atoms with Gasteiger partial charge in [0.15, 0.2) is 0 Å². The second-order valence-corrected chi connectivity index (χ2v) is 4.61. The van der Waals surface area contributed by atoms with Crippen molar-refractivity contribution >= 4 is 11.6 Å². The maximum absolute atomic E-state index is 11.7. The van der Waals surface area contributed by atoms with Crippen LogP contribution in [0.15, 0.2) is 24.3 Å². The Hall–Kier alpha value is -1.95. The zero-order chi connectivity index (χ0) is 13.7. The number of nitro benzene ring substituents is 1. The molecule has 0 saturated carbocycles. The lowest BCUT2D eigenvalue weighted by Crippen LogP contribution is -2.42. The summed E-state index contributed by atoms with van der Waals surface area (Å²) in [4.78, 5) is 22.2. The Morgan fingerprint density at radius 2 is 2.16 bits per heavy atom. The van der Waals surface area contributed by atoms with E-state index in [0.717, 1.165) is 19.3 Å². The highest BCUT2D eigenvalue weighted by Gasteiger charge is 2.21. The minimum absolute atomic E-state index is 0.0175. The molecule has 2 rings (SSSR count). The average Bonchev–Trinajstić information content (AvgIpc) is 2.61. The van der Waals surface area contributed by atoms with Crippen LogP contribution in [0.2, 0.25) is 0 Å². The standard InChI is InChI=1S/C13H17N3O3/c17-13-11(6-3-4-8-14-13)15-9-10-5-1-2-7-12(10)16(18)19/h1-2,5,7,11,15H,3-4,6,8-9H2,(H,14,17). The normalized spacial score (nSPS) is 19.6. The van der Waals surface area contributed by atoms with E-state index in [-0.39, 0.29) is 17.6 Å². The highest BCUT2D eigenvalue weighted by atomic mass is 16.6. The third-order valence-corrected chi connectivity index (χ3v) is 3.26. The molecule has 1 heterocycles. The second-order valence-electron chi connectivity index (χ2n) is 4.61. The van der Waals surface area contributed by atoms with Gasteiger partial charge in [-0.05, 0) is 19.3 Å². The Bertz CT molecular complexity index is 476. The topological polar surface area (TPSA) is 84.3 Å². The van der Waals surface area contributed by atoms with Gasteiger partial charge in [-0.3, -0.25) is 14.9 Å². The number of nitrogens with zero attached hydrogens (tertiary/aromatic N) is 1. The fraction of sp³-hybridized carbons (Fsp3) is 0.462. The number of amides is 1. The van der Waals surface area contributed by atoms with Crippen LogP contribution >= 0.6 is 0 Å². The Morgan fingerprint density at radius 1 is 1.37 bits per heavy atom. The van der Waals surface area contributed by atoms with Gasteiger partial charge in [0.2, 0.25) is 5.91 Å². The minimum atomic E-state index is -0.399. The number of rotatable bonds is 4. The molecule has 6 nitrogen and oxygen atoms in total. The van der Waals surface area contributed by atoms with Crippen molar-refractivity contribution in [1.29, 1.82) is 0 Å². The summed E-state index contributed by atoms with van der Waals surface area (Å²) < 4.78 is 0. The van der Waals surface area contributed by atoms with Gasteiger partial charge in [-0.25, -0.2) is 0 Å². The van der Waals surface area contributed by atoms with E-state index < -0.39 is 4.92 Å². The van der Waals surface area contributed by atoms with Gasteiger partial charge in [0.1, 0.15) is 0 Å². The Balaban J connectivity index is 2.01. The van der Waals surface area contributed by atoms with Gasteiger partial charge in [0.05, 0.1) is 11.0 Å². The van der Waals surface area contributed by atoms with Gasteiger partial charge in [-0.15, -0.1) is 0 Å². The molecule has 1 unspecified atom stereocenters. The van der Waals surface area contributed by atoms with Crippen LogP contribution in [-0.2, 0) is 11.3 Å². The first-order valence-electron chi connectivity index (χ1n) is 6.42. The lowest BCUT2D eigenvalue weighted by molar-refractivity contribution is -0.385. The highest BCUT2D eigenvalue weighted by Crippen LogP contribution is 2.17.